The summed E-state index contributed by atoms with van der Waals surface area (Å²) in [5.74, 6) is 1.10. The van der Waals surface area contributed by atoms with Crippen LogP contribution in [0.2, 0.25) is 5.15 Å². The number of hydrogen-bond acceptors (Lipinski definition) is 8. The Labute approximate surface area is 171 Å². The SMILES string of the molecule is CNS(=O)(=O)CCNc1nc(N2CCN(I)CC2)nc2cnc(Cl)cc12. The van der Waals surface area contributed by atoms with E-state index in [0.717, 1.165) is 26.2 Å². The highest BCUT2D eigenvalue weighted by atomic mass is 127. The van der Waals surface area contributed by atoms with Crippen molar-refractivity contribution in [1.82, 2.24) is 22.8 Å². The lowest BCUT2D eigenvalue weighted by Gasteiger charge is -2.31. The fourth-order valence-electron chi connectivity index (χ4n) is 2.56. The molecule has 0 amide bonds. The van der Waals surface area contributed by atoms with Gasteiger partial charge in [-0.25, -0.2) is 26.2 Å². The Bertz CT molecular complexity index is 890. The Morgan fingerprint density at radius 1 is 1.27 bits per heavy atom. The van der Waals surface area contributed by atoms with Crippen molar-refractivity contribution in [2.24, 2.45) is 0 Å². The maximum Gasteiger partial charge on any atom is 0.228 e. The number of pyridine rings is 1. The van der Waals surface area contributed by atoms with E-state index in [0.29, 0.717) is 27.8 Å². The number of rotatable bonds is 6. The van der Waals surface area contributed by atoms with Gasteiger partial charge in [0, 0.05) is 61.0 Å². The number of sulfonamides is 1. The number of piperazine rings is 1. The molecule has 9 nitrogen and oxygen atoms in total. The van der Waals surface area contributed by atoms with Gasteiger partial charge in [-0.2, -0.15) is 4.98 Å². The molecule has 0 unspecified atom stereocenters. The fraction of sp³-hybridized carbons (Fsp3) is 0.500. The van der Waals surface area contributed by atoms with E-state index >= 15 is 0 Å². The van der Waals surface area contributed by atoms with Gasteiger partial charge >= 0.3 is 0 Å². The number of nitrogens with one attached hydrogen (secondary N) is 2. The van der Waals surface area contributed by atoms with E-state index in [2.05, 4.69) is 55.9 Å². The van der Waals surface area contributed by atoms with Crippen molar-refractivity contribution < 1.29 is 8.42 Å². The minimum atomic E-state index is -3.30. The average molecular weight is 512 g/mol. The van der Waals surface area contributed by atoms with E-state index in [9.17, 15) is 8.42 Å². The minimum Gasteiger partial charge on any atom is -0.368 e. The average Bonchev–Trinajstić information content (AvgIpc) is 2.62. The summed E-state index contributed by atoms with van der Waals surface area (Å²) in [6.45, 7) is 3.70. The molecule has 1 saturated heterocycles. The van der Waals surface area contributed by atoms with E-state index in [1.165, 1.54) is 7.05 Å². The molecule has 3 rings (SSSR count). The molecule has 142 valence electrons. The molecular formula is C14H19ClIN7O2S. The Morgan fingerprint density at radius 2 is 2.00 bits per heavy atom. The fourth-order valence-corrected chi connectivity index (χ4v) is 3.72. The molecule has 0 bridgehead atoms. The molecule has 3 heterocycles. The highest BCUT2D eigenvalue weighted by Crippen LogP contribution is 2.25. The van der Waals surface area contributed by atoms with Crippen molar-refractivity contribution in [3.05, 3.63) is 17.4 Å². The van der Waals surface area contributed by atoms with Gasteiger partial charge in [-0.1, -0.05) is 11.6 Å². The summed E-state index contributed by atoms with van der Waals surface area (Å²) in [4.78, 5) is 15.4. The van der Waals surface area contributed by atoms with Crippen molar-refractivity contribution in [3.8, 4) is 0 Å². The third kappa shape index (κ3) is 4.82. The minimum absolute atomic E-state index is 0.0589. The van der Waals surface area contributed by atoms with E-state index < -0.39 is 10.0 Å². The van der Waals surface area contributed by atoms with Crippen LogP contribution < -0.4 is 14.9 Å². The first-order chi connectivity index (χ1) is 12.4. The molecule has 2 N–H and O–H groups in total. The van der Waals surface area contributed by atoms with Crippen LogP contribution in [0, 0.1) is 0 Å². The smallest absolute Gasteiger partial charge is 0.228 e. The van der Waals surface area contributed by atoms with Crippen LogP contribution in [-0.4, -0.2) is 72.0 Å². The van der Waals surface area contributed by atoms with E-state index in [4.69, 9.17) is 11.6 Å². The third-order valence-corrected chi connectivity index (χ3v) is 6.55. The van der Waals surface area contributed by atoms with Crippen LogP contribution in [0.15, 0.2) is 12.3 Å². The maximum atomic E-state index is 11.6. The number of halogens is 2. The van der Waals surface area contributed by atoms with Crippen molar-refractivity contribution in [1.29, 1.82) is 0 Å². The van der Waals surface area contributed by atoms with Crippen LogP contribution in [0.3, 0.4) is 0 Å². The van der Waals surface area contributed by atoms with Crippen LogP contribution in [-0.2, 0) is 10.0 Å². The van der Waals surface area contributed by atoms with Gasteiger partial charge in [0.25, 0.3) is 0 Å². The van der Waals surface area contributed by atoms with Crippen molar-refractivity contribution in [3.63, 3.8) is 0 Å². The first-order valence-corrected chi connectivity index (χ1v) is 11.0. The molecule has 0 radical (unpaired) electrons. The summed E-state index contributed by atoms with van der Waals surface area (Å²) >= 11 is 8.31. The second-order valence-electron chi connectivity index (χ2n) is 5.74. The molecule has 0 saturated carbocycles. The molecule has 1 aliphatic heterocycles. The van der Waals surface area contributed by atoms with Crippen molar-refractivity contribution >= 4 is 67.2 Å². The Kier molecular flexibility index (Phi) is 6.33. The quantitative estimate of drug-likeness (QED) is 0.338. The van der Waals surface area contributed by atoms with Gasteiger partial charge in [0.15, 0.2) is 0 Å². The summed E-state index contributed by atoms with van der Waals surface area (Å²) in [6, 6.07) is 1.68. The van der Waals surface area contributed by atoms with Gasteiger partial charge in [0.05, 0.1) is 17.5 Å². The number of aromatic nitrogens is 3. The molecule has 0 aromatic carbocycles. The van der Waals surface area contributed by atoms with Crippen LogP contribution in [0.4, 0.5) is 11.8 Å². The summed E-state index contributed by atoms with van der Waals surface area (Å²) in [6.07, 6.45) is 1.60. The molecule has 26 heavy (non-hydrogen) atoms. The monoisotopic (exact) mass is 511 g/mol. The lowest BCUT2D eigenvalue weighted by molar-refractivity contribution is 0.456. The second kappa shape index (κ2) is 8.33. The number of anilines is 2. The standard InChI is InChI=1S/C14H19ClIN7O2S/c1-17-26(24,25)7-2-18-13-10-8-12(15)19-9-11(10)20-14(21-13)22-3-5-23(16)6-4-22/h8-9,17H,2-7H2,1H3,(H,18,20,21). The molecule has 2 aromatic rings. The number of nitrogens with zero attached hydrogens (tertiary/aromatic N) is 5. The van der Waals surface area contributed by atoms with Crippen LogP contribution >= 0.6 is 34.5 Å². The van der Waals surface area contributed by atoms with Gasteiger partial charge in [0.2, 0.25) is 16.0 Å². The number of fused-ring (bicyclic) bond motifs is 1. The summed E-state index contributed by atoms with van der Waals surface area (Å²) < 4.78 is 27.8. The molecule has 0 spiro atoms. The van der Waals surface area contributed by atoms with Gasteiger partial charge in [-0.15, -0.1) is 0 Å². The highest BCUT2D eigenvalue weighted by Gasteiger charge is 2.19. The van der Waals surface area contributed by atoms with Gasteiger partial charge in [0.1, 0.15) is 11.0 Å². The zero-order valence-corrected chi connectivity index (χ0v) is 17.8. The molecule has 1 fully saturated rings. The zero-order valence-electron chi connectivity index (χ0n) is 14.1. The topological polar surface area (TPSA) is 103 Å². The van der Waals surface area contributed by atoms with Crippen LogP contribution in [0.5, 0.6) is 0 Å². The van der Waals surface area contributed by atoms with Crippen molar-refractivity contribution in [2.45, 2.75) is 0 Å². The van der Waals surface area contributed by atoms with E-state index in [-0.39, 0.29) is 12.3 Å². The predicted molar refractivity (Wildman–Crippen MR) is 111 cm³/mol. The largest absolute Gasteiger partial charge is 0.368 e. The Morgan fingerprint density at radius 3 is 2.69 bits per heavy atom. The first kappa shape index (κ1) is 19.7. The van der Waals surface area contributed by atoms with Gasteiger partial charge in [-0.05, 0) is 13.1 Å². The molecule has 0 atom stereocenters. The van der Waals surface area contributed by atoms with Crippen LogP contribution in [0.1, 0.15) is 0 Å². The molecule has 2 aromatic heterocycles. The van der Waals surface area contributed by atoms with Crippen LogP contribution in [0.25, 0.3) is 10.9 Å². The molecule has 12 heteroatoms. The third-order valence-electron chi connectivity index (χ3n) is 4.02. The van der Waals surface area contributed by atoms with E-state index in [1.54, 1.807) is 12.3 Å². The first-order valence-electron chi connectivity index (χ1n) is 8.02. The number of hydrogen-bond donors (Lipinski definition) is 2. The summed E-state index contributed by atoms with van der Waals surface area (Å²) in [5, 5.41) is 4.14. The normalized spacial score (nSPS) is 16.2. The molecule has 0 aliphatic carbocycles. The van der Waals surface area contributed by atoms with Gasteiger partial charge < -0.3 is 10.2 Å². The zero-order chi connectivity index (χ0) is 18.7. The highest BCUT2D eigenvalue weighted by molar-refractivity contribution is 14.1. The molecule has 1 aliphatic rings. The van der Waals surface area contributed by atoms with E-state index in [1.807, 2.05) is 0 Å². The lowest BCUT2D eigenvalue weighted by atomic mass is 10.3. The van der Waals surface area contributed by atoms with Crippen molar-refractivity contribution in [2.75, 3.05) is 55.7 Å². The Balaban J connectivity index is 1.89. The Hall–Kier alpha value is -1.02. The summed E-state index contributed by atoms with van der Waals surface area (Å²) in [7, 11) is -1.90. The second-order valence-corrected chi connectivity index (χ2v) is 9.54. The maximum absolute atomic E-state index is 11.6. The van der Waals surface area contributed by atoms with Gasteiger partial charge in [-0.3, -0.25) is 0 Å². The molecular weight excluding hydrogens is 493 g/mol. The lowest BCUT2D eigenvalue weighted by Crippen LogP contribution is -2.43. The summed E-state index contributed by atoms with van der Waals surface area (Å²) in [5.41, 5.74) is 0.662. The predicted octanol–water partition coefficient (Wildman–Crippen LogP) is 1.11.